The van der Waals surface area contributed by atoms with Gasteiger partial charge in [-0.2, -0.15) is 4.98 Å². The Kier molecular flexibility index (Phi) is 5.87. The molecule has 1 amide bonds. The van der Waals surface area contributed by atoms with Gasteiger partial charge in [0, 0.05) is 25.3 Å². The summed E-state index contributed by atoms with van der Waals surface area (Å²) in [5.74, 6) is 2.31. The largest absolute Gasteiger partial charge is 0.483 e. The number of likely N-dealkylation sites (tertiary alicyclic amines) is 1. The Morgan fingerprint density at radius 1 is 1.20 bits per heavy atom. The van der Waals surface area contributed by atoms with E-state index in [0.29, 0.717) is 37.1 Å². The van der Waals surface area contributed by atoms with E-state index in [-0.39, 0.29) is 18.2 Å². The number of ether oxygens (including phenoxy) is 3. The normalized spacial score (nSPS) is 16.8. The molecule has 2 aliphatic heterocycles. The molecule has 9 heteroatoms. The monoisotopic (exact) mass is 413 g/mol. The molecule has 4 rings (SSSR count). The number of carbonyl (C=O) groups excluding carboxylic acids is 1. The van der Waals surface area contributed by atoms with Crippen LogP contribution in [0.1, 0.15) is 32.4 Å². The van der Waals surface area contributed by atoms with Crippen molar-refractivity contribution in [2.24, 2.45) is 0 Å². The quantitative estimate of drug-likeness (QED) is 0.755. The third kappa shape index (κ3) is 4.24. The summed E-state index contributed by atoms with van der Waals surface area (Å²) in [7, 11) is 0. The highest BCUT2D eigenvalue weighted by atomic mass is 16.6. The Labute approximate surface area is 176 Å². The first-order valence-corrected chi connectivity index (χ1v) is 10.3. The maximum atomic E-state index is 12.2. The van der Waals surface area contributed by atoms with Gasteiger partial charge in [-0.1, -0.05) is 0 Å². The van der Waals surface area contributed by atoms with E-state index in [1.54, 1.807) is 11.1 Å². The van der Waals surface area contributed by atoms with Gasteiger partial charge in [0.15, 0.2) is 11.6 Å². The van der Waals surface area contributed by atoms with Crippen molar-refractivity contribution in [1.29, 1.82) is 0 Å². The molecule has 0 unspecified atom stereocenters. The number of aromatic nitrogens is 3. The number of piperidine rings is 1. The average Bonchev–Trinajstić information content (AvgIpc) is 2.75. The van der Waals surface area contributed by atoms with Gasteiger partial charge in [0.05, 0.1) is 18.3 Å². The number of carbonyl (C=O) groups is 1. The molecule has 0 saturated carbocycles. The molecule has 0 N–H and O–H groups in total. The topological polar surface area (TPSA) is 89.9 Å². The molecule has 4 heterocycles. The summed E-state index contributed by atoms with van der Waals surface area (Å²) in [5, 5.41) is 0. The molecule has 2 aromatic rings. The molecule has 1 fully saturated rings. The van der Waals surface area contributed by atoms with E-state index in [9.17, 15) is 4.79 Å². The standard InChI is InChI=1S/C21H27N5O4/c1-14(2)29-21(27)25-9-6-16(7-10-25)26-11-12-28-18-19(26)23-13-24-20(18)30-17-5-4-8-22-15(17)3/h4-5,8,13-14,16H,6-7,9-12H2,1-3H3. The summed E-state index contributed by atoms with van der Waals surface area (Å²) in [6.45, 7) is 8.19. The Bertz CT molecular complexity index is 899. The fourth-order valence-corrected chi connectivity index (χ4v) is 3.78. The van der Waals surface area contributed by atoms with Crippen LogP contribution in [0.3, 0.4) is 0 Å². The second-order valence-electron chi connectivity index (χ2n) is 7.71. The van der Waals surface area contributed by atoms with Gasteiger partial charge in [-0.3, -0.25) is 4.98 Å². The van der Waals surface area contributed by atoms with E-state index >= 15 is 0 Å². The van der Waals surface area contributed by atoms with Crippen LogP contribution in [0.2, 0.25) is 0 Å². The Hall–Kier alpha value is -3.10. The van der Waals surface area contributed by atoms with E-state index in [0.717, 1.165) is 30.9 Å². The van der Waals surface area contributed by atoms with Crippen LogP contribution in [0.15, 0.2) is 24.7 Å². The number of anilines is 1. The first kappa shape index (κ1) is 20.2. The average molecular weight is 413 g/mol. The Morgan fingerprint density at radius 3 is 2.73 bits per heavy atom. The third-order valence-corrected chi connectivity index (χ3v) is 5.27. The number of amides is 1. The van der Waals surface area contributed by atoms with Crippen LogP contribution in [0.25, 0.3) is 0 Å². The maximum Gasteiger partial charge on any atom is 0.410 e. The third-order valence-electron chi connectivity index (χ3n) is 5.27. The lowest BCUT2D eigenvalue weighted by Crippen LogP contribution is -2.49. The summed E-state index contributed by atoms with van der Waals surface area (Å²) in [6, 6.07) is 3.93. The molecule has 1 saturated heterocycles. The molecule has 0 radical (unpaired) electrons. The van der Waals surface area contributed by atoms with Crippen molar-refractivity contribution >= 4 is 11.9 Å². The minimum atomic E-state index is -0.240. The minimum absolute atomic E-state index is 0.111. The summed E-state index contributed by atoms with van der Waals surface area (Å²) in [6.07, 6.45) is 4.55. The molecule has 0 atom stereocenters. The number of hydrogen-bond acceptors (Lipinski definition) is 8. The lowest BCUT2D eigenvalue weighted by atomic mass is 10.0. The predicted molar refractivity (Wildman–Crippen MR) is 110 cm³/mol. The zero-order chi connectivity index (χ0) is 21.1. The van der Waals surface area contributed by atoms with E-state index in [2.05, 4.69) is 19.9 Å². The van der Waals surface area contributed by atoms with Crippen LogP contribution in [0, 0.1) is 6.92 Å². The number of pyridine rings is 1. The zero-order valence-electron chi connectivity index (χ0n) is 17.6. The van der Waals surface area contributed by atoms with Crippen LogP contribution in [-0.2, 0) is 4.74 Å². The molecular formula is C21H27N5O4. The number of fused-ring (bicyclic) bond motifs is 1. The summed E-state index contributed by atoms with van der Waals surface area (Å²) >= 11 is 0. The van der Waals surface area contributed by atoms with Gasteiger partial charge in [-0.15, -0.1) is 0 Å². The number of nitrogens with zero attached hydrogens (tertiary/aromatic N) is 5. The molecule has 2 aromatic heterocycles. The summed E-state index contributed by atoms with van der Waals surface area (Å²) in [5.41, 5.74) is 0.776. The second-order valence-corrected chi connectivity index (χ2v) is 7.71. The Morgan fingerprint density at radius 2 is 2.00 bits per heavy atom. The van der Waals surface area contributed by atoms with Gasteiger partial charge in [0.25, 0.3) is 5.88 Å². The lowest BCUT2D eigenvalue weighted by Gasteiger charge is -2.41. The first-order chi connectivity index (χ1) is 14.5. The molecule has 0 spiro atoms. The summed E-state index contributed by atoms with van der Waals surface area (Å²) in [4.78, 5) is 29.2. The molecule has 2 aliphatic rings. The SMILES string of the molecule is Cc1ncccc1Oc1ncnc2c1OCCN2C1CCN(C(=O)OC(C)C)CC1. The molecule has 160 valence electrons. The molecule has 30 heavy (non-hydrogen) atoms. The van der Waals surface area contributed by atoms with Gasteiger partial charge < -0.3 is 24.0 Å². The second kappa shape index (κ2) is 8.73. The van der Waals surface area contributed by atoms with Gasteiger partial charge in [0.1, 0.15) is 12.9 Å². The van der Waals surface area contributed by atoms with Crippen molar-refractivity contribution in [3.63, 3.8) is 0 Å². The smallest absolute Gasteiger partial charge is 0.410 e. The van der Waals surface area contributed by atoms with E-state index < -0.39 is 0 Å². The van der Waals surface area contributed by atoms with Crippen LogP contribution < -0.4 is 14.4 Å². The van der Waals surface area contributed by atoms with Crippen molar-refractivity contribution < 1.29 is 19.0 Å². The first-order valence-electron chi connectivity index (χ1n) is 10.3. The predicted octanol–water partition coefficient (Wildman–Crippen LogP) is 3.18. The van der Waals surface area contributed by atoms with Gasteiger partial charge in [-0.25, -0.2) is 9.78 Å². The van der Waals surface area contributed by atoms with Crippen molar-refractivity contribution in [3.8, 4) is 17.4 Å². The highest BCUT2D eigenvalue weighted by Crippen LogP contribution is 2.40. The van der Waals surface area contributed by atoms with Gasteiger partial charge >= 0.3 is 6.09 Å². The molecular weight excluding hydrogens is 386 g/mol. The molecule has 0 aliphatic carbocycles. The molecule has 9 nitrogen and oxygen atoms in total. The van der Waals surface area contributed by atoms with Crippen LogP contribution in [0.4, 0.5) is 10.6 Å². The highest BCUT2D eigenvalue weighted by Gasteiger charge is 2.33. The number of rotatable bonds is 4. The van der Waals surface area contributed by atoms with Gasteiger partial charge in [-0.05, 0) is 45.7 Å². The van der Waals surface area contributed by atoms with Crippen molar-refractivity contribution in [1.82, 2.24) is 19.9 Å². The lowest BCUT2D eigenvalue weighted by molar-refractivity contribution is 0.0687. The van der Waals surface area contributed by atoms with Crippen molar-refractivity contribution in [2.75, 3.05) is 31.1 Å². The van der Waals surface area contributed by atoms with Crippen LogP contribution in [0.5, 0.6) is 17.4 Å². The van der Waals surface area contributed by atoms with E-state index in [4.69, 9.17) is 14.2 Å². The molecule has 0 aromatic carbocycles. The van der Waals surface area contributed by atoms with E-state index in [1.807, 2.05) is 32.9 Å². The van der Waals surface area contributed by atoms with Crippen LogP contribution in [-0.4, -0.2) is 64.3 Å². The highest BCUT2D eigenvalue weighted by molar-refractivity contribution is 5.68. The Balaban J connectivity index is 1.48. The van der Waals surface area contributed by atoms with Crippen molar-refractivity contribution in [2.45, 2.75) is 45.8 Å². The fraction of sp³-hybridized carbons (Fsp3) is 0.524. The maximum absolute atomic E-state index is 12.2. The zero-order valence-corrected chi connectivity index (χ0v) is 17.6. The summed E-state index contributed by atoms with van der Waals surface area (Å²) < 4.78 is 17.2. The number of hydrogen-bond donors (Lipinski definition) is 0. The minimum Gasteiger partial charge on any atom is -0.483 e. The molecule has 0 bridgehead atoms. The number of aryl methyl sites for hydroxylation is 1. The van der Waals surface area contributed by atoms with Crippen molar-refractivity contribution in [3.05, 3.63) is 30.4 Å². The van der Waals surface area contributed by atoms with Gasteiger partial charge in [0.2, 0.25) is 5.75 Å². The van der Waals surface area contributed by atoms with Crippen LogP contribution >= 0.6 is 0 Å². The van der Waals surface area contributed by atoms with E-state index in [1.165, 1.54) is 6.33 Å². The fourth-order valence-electron chi connectivity index (χ4n) is 3.78.